The van der Waals surface area contributed by atoms with Gasteiger partial charge in [-0.05, 0) is 24.6 Å². The summed E-state index contributed by atoms with van der Waals surface area (Å²) < 4.78 is 66.7. The summed E-state index contributed by atoms with van der Waals surface area (Å²) in [5.74, 6) is -7.67. The van der Waals surface area contributed by atoms with Crippen molar-refractivity contribution in [3.8, 4) is 5.75 Å². The zero-order valence-electron chi connectivity index (χ0n) is 9.44. The minimum atomic E-state index is -5.92. The number of ketones is 1. The van der Waals surface area contributed by atoms with Gasteiger partial charge in [-0.1, -0.05) is 6.07 Å². The molecule has 0 unspecified atom stereocenters. The summed E-state index contributed by atoms with van der Waals surface area (Å²) in [7, 11) is 1.21. The van der Waals surface area contributed by atoms with Gasteiger partial charge in [-0.15, -0.1) is 0 Å². The van der Waals surface area contributed by atoms with Gasteiger partial charge in [0.1, 0.15) is 5.75 Å². The molecule has 0 atom stereocenters. The van der Waals surface area contributed by atoms with Gasteiger partial charge in [0.05, 0.1) is 7.11 Å². The molecule has 1 rings (SSSR count). The van der Waals surface area contributed by atoms with Crippen LogP contribution >= 0.6 is 0 Å². The van der Waals surface area contributed by atoms with Crippen molar-refractivity contribution < 1.29 is 31.5 Å². The molecule has 0 saturated heterocycles. The molecular weight excluding hydrogens is 259 g/mol. The molecule has 0 bridgehead atoms. The molecule has 0 fully saturated rings. The maximum Gasteiger partial charge on any atom is 0.461 e. The molecule has 0 aliphatic rings. The van der Waals surface area contributed by atoms with Gasteiger partial charge in [0.25, 0.3) is 0 Å². The van der Waals surface area contributed by atoms with E-state index in [4.69, 9.17) is 0 Å². The first-order valence-electron chi connectivity index (χ1n) is 4.75. The van der Waals surface area contributed by atoms with Crippen molar-refractivity contribution in [1.82, 2.24) is 0 Å². The Morgan fingerprint density at radius 3 is 2.17 bits per heavy atom. The fraction of sp³-hybridized carbons (Fsp3) is 0.364. The van der Waals surface area contributed by atoms with Gasteiger partial charge in [-0.2, -0.15) is 22.0 Å². The monoisotopic (exact) mass is 268 g/mol. The molecule has 0 aliphatic carbocycles. The number of hydrogen-bond donors (Lipinski definition) is 0. The Hall–Kier alpha value is -1.66. The Morgan fingerprint density at radius 2 is 1.72 bits per heavy atom. The summed E-state index contributed by atoms with van der Waals surface area (Å²) >= 11 is 0. The Bertz CT molecular complexity index is 465. The van der Waals surface area contributed by atoms with Crippen LogP contribution in [0.1, 0.15) is 15.9 Å². The van der Waals surface area contributed by atoms with E-state index in [1.807, 2.05) is 0 Å². The molecule has 0 heterocycles. The van der Waals surface area contributed by atoms with Crippen LogP contribution in [0.2, 0.25) is 0 Å². The number of aryl methyl sites for hydroxylation is 1. The number of benzene rings is 1. The van der Waals surface area contributed by atoms with E-state index in [9.17, 15) is 26.7 Å². The van der Waals surface area contributed by atoms with Crippen molar-refractivity contribution in [3.63, 3.8) is 0 Å². The predicted molar refractivity (Wildman–Crippen MR) is 53.1 cm³/mol. The van der Waals surface area contributed by atoms with Crippen molar-refractivity contribution in [3.05, 3.63) is 29.3 Å². The van der Waals surface area contributed by atoms with Crippen molar-refractivity contribution in [2.24, 2.45) is 0 Å². The van der Waals surface area contributed by atoms with Gasteiger partial charge in [0, 0.05) is 5.56 Å². The Labute approximate surface area is 99.4 Å². The van der Waals surface area contributed by atoms with E-state index in [-0.39, 0.29) is 11.3 Å². The fourth-order valence-electron chi connectivity index (χ4n) is 1.27. The summed E-state index contributed by atoms with van der Waals surface area (Å²) in [6.45, 7) is 1.26. The van der Waals surface area contributed by atoms with Crippen LogP contribution in [0.3, 0.4) is 0 Å². The lowest BCUT2D eigenvalue weighted by Gasteiger charge is -2.19. The molecule has 0 saturated carbocycles. The highest BCUT2D eigenvalue weighted by Crippen LogP contribution is 2.38. The first-order chi connectivity index (χ1) is 8.11. The van der Waals surface area contributed by atoms with Crippen LogP contribution in [0, 0.1) is 6.92 Å². The van der Waals surface area contributed by atoms with Crippen LogP contribution in [0.25, 0.3) is 0 Å². The summed E-state index contributed by atoms with van der Waals surface area (Å²) in [5, 5.41) is 0. The molecular formula is C11H9F5O2. The van der Waals surface area contributed by atoms with Crippen molar-refractivity contribution in [2.75, 3.05) is 7.11 Å². The van der Waals surface area contributed by atoms with Crippen molar-refractivity contribution >= 4 is 5.78 Å². The first-order valence-corrected chi connectivity index (χ1v) is 4.75. The van der Waals surface area contributed by atoms with E-state index < -0.39 is 23.4 Å². The number of halogens is 5. The SMILES string of the molecule is COc1ccc(C)c(C(=O)C(F)(F)C(F)(F)F)c1. The second-order valence-electron chi connectivity index (χ2n) is 3.58. The highest BCUT2D eigenvalue weighted by atomic mass is 19.4. The lowest BCUT2D eigenvalue weighted by atomic mass is 10.00. The number of Topliss-reactive ketones (excluding diaryl/α,β-unsaturated/α-hetero) is 1. The smallest absolute Gasteiger partial charge is 0.461 e. The average Bonchev–Trinajstić information content (AvgIpc) is 2.27. The minimum absolute atomic E-state index is 0.0183. The van der Waals surface area contributed by atoms with Crippen molar-refractivity contribution in [1.29, 1.82) is 0 Å². The molecule has 0 spiro atoms. The number of methoxy groups -OCH3 is 1. The molecule has 0 radical (unpaired) electrons. The van der Waals surface area contributed by atoms with E-state index in [2.05, 4.69) is 4.74 Å². The first kappa shape index (κ1) is 14.4. The van der Waals surface area contributed by atoms with Crippen LogP contribution in [-0.2, 0) is 0 Å². The molecule has 1 aromatic carbocycles. The molecule has 0 N–H and O–H groups in total. The van der Waals surface area contributed by atoms with E-state index in [1.165, 1.54) is 26.2 Å². The van der Waals surface area contributed by atoms with Gasteiger partial charge in [-0.25, -0.2) is 0 Å². The normalized spacial score (nSPS) is 12.4. The van der Waals surface area contributed by atoms with Gasteiger partial charge in [0.15, 0.2) is 0 Å². The maximum atomic E-state index is 12.9. The van der Waals surface area contributed by atoms with E-state index >= 15 is 0 Å². The topological polar surface area (TPSA) is 26.3 Å². The minimum Gasteiger partial charge on any atom is -0.497 e. The Morgan fingerprint density at radius 1 is 1.17 bits per heavy atom. The fourth-order valence-corrected chi connectivity index (χ4v) is 1.27. The molecule has 2 nitrogen and oxygen atoms in total. The van der Waals surface area contributed by atoms with E-state index in [0.717, 1.165) is 6.07 Å². The standard InChI is InChI=1S/C11H9F5O2/c1-6-3-4-7(18-2)5-8(6)9(17)10(12,13)11(14,15)16/h3-5H,1-2H3. The second kappa shape index (κ2) is 4.55. The number of rotatable bonds is 3. The van der Waals surface area contributed by atoms with E-state index in [0.29, 0.717) is 0 Å². The largest absolute Gasteiger partial charge is 0.497 e. The summed E-state index contributed by atoms with van der Waals surface area (Å²) in [6, 6.07) is 3.45. The number of ether oxygens (including phenoxy) is 1. The summed E-state index contributed by atoms with van der Waals surface area (Å²) in [4.78, 5) is 11.3. The highest BCUT2D eigenvalue weighted by Gasteiger charge is 2.63. The number of carbonyl (C=O) groups excluding carboxylic acids is 1. The van der Waals surface area contributed by atoms with Gasteiger partial charge in [-0.3, -0.25) is 4.79 Å². The average molecular weight is 268 g/mol. The number of hydrogen-bond acceptors (Lipinski definition) is 2. The molecule has 100 valence electrons. The van der Waals surface area contributed by atoms with Crippen molar-refractivity contribution in [2.45, 2.75) is 19.0 Å². The van der Waals surface area contributed by atoms with Crippen LogP contribution in [0.5, 0.6) is 5.75 Å². The summed E-state index contributed by atoms with van der Waals surface area (Å²) in [5.41, 5.74) is -0.693. The third-order valence-electron chi connectivity index (χ3n) is 2.33. The van der Waals surface area contributed by atoms with Gasteiger partial charge < -0.3 is 4.74 Å². The molecule has 0 amide bonds. The number of carbonyl (C=O) groups is 1. The second-order valence-corrected chi connectivity index (χ2v) is 3.58. The zero-order valence-corrected chi connectivity index (χ0v) is 9.44. The quantitative estimate of drug-likeness (QED) is 0.620. The maximum absolute atomic E-state index is 12.9. The zero-order chi connectivity index (χ0) is 14.1. The third-order valence-corrected chi connectivity index (χ3v) is 2.33. The Balaban J connectivity index is 3.27. The Kier molecular flexibility index (Phi) is 3.64. The molecule has 7 heteroatoms. The molecule has 1 aromatic rings. The lowest BCUT2D eigenvalue weighted by Crippen LogP contribution is -2.44. The predicted octanol–water partition coefficient (Wildman–Crippen LogP) is 3.38. The lowest BCUT2D eigenvalue weighted by molar-refractivity contribution is -0.255. The summed E-state index contributed by atoms with van der Waals surface area (Å²) in [6.07, 6.45) is -5.92. The highest BCUT2D eigenvalue weighted by molar-refractivity contribution is 6.03. The van der Waals surface area contributed by atoms with Crippen LogP contribution < -0.4 is 4.74 Å². The van der Waals surface area contributed by atoms with Crippen LogP contribution in [0.4, 0.5) is 22.0 Å². The molecule has 0 aromatic heterocycles. The molecule has 0 aliphatic heterocycles. The van der Waals surface area contributed by atoms with Crippen LogP contribution in [-0.4, -0.2) is 25.0 Å². The van der Waals surface area contributed by atoms with Gasteiger partial charge >= 0.3 is 12.1 Å². The van der Waals surface area contributed by atoms with E-state index in [1.54, 1.807) is 0 Å². The van der Waals surface area contributed by atoms with Gasteiger partial charge in [0.2, 0.25) is 5.78 Å². The third kappa shape index (κ3) is 2.44. The number of alkyl halides is 5. The molecule has 18 heavy (non-hydrogen) atoms. The van der Waals surface area contributed by atoms with Crippen LogP contribution in [0.15, 0.2) is 18.2 Å².